The number of carbonyl (C=O) groups is 5. The van der Waals surface area contributed by atoms with Gasteiger partial charge in [-0.05, 0) is 103 Å². The van der Waals surface area contributed by atoms with Crippen molar-refractivity contribution in [3.63, 3.8) is 0 Å². The zero-order valence-electron chi connectivity index (χ0n) is 37.9. The predicted molar refractivity (Wildman–Crippen MR) is 253 cm³/mol. The summed E-state index contributed by atoms with van der Waals surface area (Å²) in [7, 11) is 1.45. The van der Waals surface area contributed by atoms with E-state index in [0.717, 1.165) is 30.4 Å². The second-order valence-corrected chi connectivity index (χ2v) is 16.1. The Bertz CT molecular complexity index is 2400. The Morgan fingerprint density at radius 2 is 1.47 bits per heavy atom. The number of allylic oxidation sites excluding steroid dienone is 1. The van der Waals surface area contributed by atoms with Gasteiger partial charge >= 0.3 is 0 Å². The topological polar surface area (TPSA) is 257 Å². The summed E-state index contributed by atoms with van der Waals surface area (Å²) in [6.45, 7) is 8.05. The lowest BCUT2D eigenvalue weighted by Gasteiger charge is -2.32. The molecule has 4 aromatic rings. The molecular weight excluding hydrogens is 839 g/mol. The summed E-state index contributed by atoms with van der Waals surface area (Å²) in [5.41, 5.74) is 22.8. The maximum atomic E-state index is 14.7. The van der Waals surface area contributed by atoms with Crippen LogP contribution in [0.15, 0.2) is 97.2 Å². The average Bonchev–Trinajstić information content (AvgIpc) is 3.32. The van der Waals surface area contributed by atoms with E-state index in [0.29, 0.717) is 45.7 Å². The molecule has 1 aliphatic heterocycles. The Kier molecular flexibility index (Phi) is 18.4. The number of benzene rings is 4. The van der Waals surface area contributed by atoms with Gasteiger partial charge in [0.1, 0.15) is 60.6 Å². The molecule has 16 nitrogen and oxygen atoms in total. The maximum Gasteiger partial charge on any atom is 0.251 e. The number of amides is 5. The second kappa shape index (κ2) is 24.3. The highest BCUT2D eigenvalue weighted by molar-refractivity contribution is 5.99. The van der Waals surface area contributed by atoms with Crippen molar-refractivity contribution in [1.82, 2.24) is 26.2 Å². The third-order valence-electron chi connectivity index (χ3n) is 11.2. The molecule has 5 rings (SSSR count). The Balaban J connectivity index is 1.55. The fourth-order valence-corrected chi connectivity index (χ4v) is 7.60. The molecule has 1 heterocycles. The quantitative estimate of drug-likeness (QED) is 0.0667. The number of aryl methyl sites for hydroxylation is 1. The molecule has 1 aliphatic rings. The third-order valence-corrected chi connectivity index (χ3v) is 11.2. The number of nitrogens with one attached hydrogen (secondary N) is 4. The van der Waals surface area contributed by atoms with Crippen molar-refractivity contribution in [3.05, 3.63) is 119 Å². The van der Waals surface area contributed by atoms with Crippen LogP contribution in [-0.4, -0.2) is 92.5 Å². The van der Waals surface area contributed by atoms with E-state index in [1.54, 1.807) is 54.6 Å². The van der Waals surface area contributed by atoms with Crippen molar-refractivity contribution in [2.75, 3.05) is 39.9 Å². The van der Waals surface area contributed by atoms with E-state index in [4.69, 9.17) is 26.7 Å². The summed E-state index contributed by atoms with van der Waals surface area (Å²) in [5.74, 6) is -2.48. The molecule has 0 saturated heterocycles. The van der Waals surface area contributed by atoms with Gasteiger partial charge in [-0.3, -0.25) is 24.0 Å². The van der Waals surface area contributed by atoms with Crippen molar-refractivity contribution >= 4 is 29.5 Å². The van der Waals surface area contributed by atoms with E-state index in [-0.39, 0.29) is 51.4 Å². The fourth-order valence-electron chi connectivity index (χ4n) is 7.60. The number of likely N-dealkylation sites (N-methyl/N-ethyl adjacent to an activating group) is 1. The Labute approximate surface area is 386 Å². The van der Waals surface area contributed by atoms with Crippen molar-refractivity contribution in [3.8, 4) is 39.8 Å². The van der Waals surface area contributed by atoms with E-state index < -0.39 is 53.7 Å². The SMILES string of the molecule is C=C(C#N)NC(=O)[C@@H]1Cc2ccc(OCCN)c(c2)-c2cc(ccc2OCCN)[C@H](N(C)C(=O)[C@H](CCCN)NC(=O)c2ccc(-c3ccc(CCCC)cc3)cc2)C(=O)N[C@@H](C)C(=O)N1. The number of unbranched alkanes of at least 4 members (excludes halogenated alkanes) is 1. The number of fused-ring (bicyclic) bond motifs is 5. The van der Waals surface area contributed by atoms with Gasteiger partial charge in [-0.1, -0.05) is 68.5 Å². The van der Waals surface area contributed by atoms with Crippen LogP contribution in [0.25, 0.3) is 22.3 Å². The summed E-state index contributed by atoms with van der Waals surface area (Å²) in [6, 6.07) is 22.5. The first-order chi connectivity index (χ1) is 31.8. The van der Waals surface area contributed by atoms with Gasteiger partial charge < -0.3 is 52.8 Å². The molecule has 16 heteroatoms. The van der Waals surface area contributed by atoms with Crippen molar-refractivity contribution in [2.45, 2.75) is 76.5 Å². The summed E-state index contributed by atoms with van der Waals surface area (Å²) in [5, 5.41) is 20.1. The molecule has 4 bridgehead atoms. The lowest BCUT2D eigenvalue weighted by Crippen LogP contribution is -2.55. The van der Waals surface area contributed by atoms with Crippen LogP contribution in [-0.2, 0) is 32.0 Å². The highest BCUT2D eigenvalue weighted by atomic mass is 16.5. The van der Waals surface area contributed by atoms with Gasteiger partial charge in [0, 0.05) is 43.2 Å². The summed E-state index contributed by atoms with van der Waals surface area (Å²) in [4.78, 5) is 71.7. The Morgan fingerprint density at radius 1 is 0.848 bits per heavy atom. The molecule has 4 aromatic carbocycles. The first-order valence-electron chi connectivity index (χ1n) is 22.2. The largest absolute Gasteiger partial charge is 0.492 e. The smallest absolute Gasteiger partial charge is 0.251 e. The molecule has 5 amide bonds. The summed E-state index contributed by atoms with van der Waals surface area (Å²) >= 11 is 0. The molecule has 348 valence electrons. The minimum absolute atomic E-state index is 0.0350. The monoisotopic (exact) mass is 899 g/mol. The van der Waals surface area contributed by atoms with Crippen LogP contribution in [0.1, 0.15) is 72.6 Å². The van der Waals surface area contributed by atoms with Gasteiger partial charge in [0.15, 0.2) is 0 Å². The zero-order valence-corrected chi connectivity index (χ0v) is 37.9. The second-order valence-electron chi connectivity index (χ2n) is 16.1. The van der Waals surface area contributed by atoms with Crippen LogP contribution >= 0.6 is 0 Å². The molecular formula is C50H61N9O7. The van der Waals surface area contributed by atoms with Gasteiger partial charge in [-0.15, -0.1) is 0 Å². The van der Waals surface area contributed by atoms with Crippen LogP contribution in [0.2, 0.25) is 0 Å². The molecule has 0 spiro atoms. The third kappa shape index (κ3) is 13.0. The molecule has 4 atom stereocenters. The molecule has 10 N–H and O–H groups in total. The Hall–Kier alpha value is -7.06. The number of hydrogen-bond donors (Lipinski definition) is 7. The molecule has 0 saturated carbocycles. The number of hydrogen-bond acceptors (Lipinski definition) is 11. The standard InChI is InChI=1S/C50H61N9O7/c1-5-6-8-33-10-13-35(14-11-33)36-15-17-37(18-16-36)47(61)57-41(9-7-22-51)50(64)59(4)45-38-19-21-44(66-26-24-53)40(29-38)39-27-34(12-20-43(39)65-25-23-52)28-42(48(62)55-31(2)30-54)58-46(60)32(3)56-49(45)63/h10-21,27,29,32,41-42,45H,2,5-9,22-26,28,51-53H2,1,3-4H3,(H,55,62)(H,56,63)(H,57,61)(H,58,60)/t32-,41-,42-,45-/m0/s1. The molecule has 0 unspecified atom stereocenters. The molecule has 0 fully saturated rings. The number of rotatable bonds is 19. The van der Waals surface area contributed by atoms with Crippen LogP contribution in [0.5, 0.6) is 11.5 Å². The highest BCUT2D eigenvalue weighted by Crippen LogP contribution is 2.40. The maximum absolute atomic E-state index is 14.7. The highest BCUT2D eigenvalue weighted by Gasteiger charge is 2.36. The van der Waals surface area contributed by atoms with Gasteiger partial charge in [0.05, 0.1) is 0 Å². The zero-order chi connectivity index (χ0) is 47.8. The lowest BCUT2D eigenvalue weighted by atomic mass is 9.93. The van der Waals surface area contributed by atoms with Crippen LogP contribution in [0.4, 0.5) is 0 Å². The lowest BCUT2D eigenvalue weighted by molar-refractivity contribution is -0.141. The molecule has 66 heavy (non-hydrogen) atoms. The number of nitrogens with zero attached hydrogens (tertiary/aromatic N) is 2. The van der Waals surface area contributed by atoms with Crippen molar-refractivity contribution < 1.29 is 33.4 Å². The summed E-state index contributed by atoms with van der Waals surface area (Å²) in [6.07, 6.45) is 3.75. The fraction of sp³-hybridized carbons (Fsp3) is 0.360. The van der Waals surface area contributed by atoms with Crippen LogP contribution in [0.3, 0.4) is 0 Å². The summed E-state index contributed by atoms with van der Waals surface area (Å²) < 4.78 is 12.2. The first kappa shape index (κ1) is 49.9. The number of nitriles is 1. The Morgan fingerprint density at radius 3 is 2.08 bits per heavy atom. The van der Waals surface area contributed by atoms with E-state index in [1.807, 2.05) is 12.1 Å². The molecule has 0 aliphatic carbocycles. The number of ether oxygens (including phenoxy) is 2. The van der Waals surface area contributed by atoms with Crippen LogP contribution < -0.4 is 47.9 Å². The van der Waals surface area contributed by atoms with E-state index in [2.05, 4.69) is 59.0 Å². The van der Waals surface area contributed by atoms with Crippen molar-refractivity contribution in [2.24, 2.45) is 17.2 Å². The number of carbonyl (C=O) groups excluding carboxylic acids is 5. The van der Waals surface area contributed by atoms with Gasteiger partial charge in [0.25, 0.3) is 5.91 Å². The minimum Gasteiger partial charge on any atom is -0.492 e. The van der Waals surface area contributed by atoms with Gasteiger partial charge in [-0.2, -0.15) is 5.26 Å². The van der Waals surface area contributed by atoms with E-state index >= 15 is 0 Å². The molecule has 0 aromatic heterocycles. The van der Waals surface area contributed by atoms with E-state index in [9.17, 15) is 29.2 Å². The van der Waals surface area contributed by atoms with Gasteiger partial charge in [-0.25, -0.2) is 0 Å². The van der Waals surface area contributed by atoms with E-state index in [1.165, 1.54) is 24.4 Å². The first-order valence-corrected chi connectivity index (χ1v) is 22.2. The molecule has 0 radical (unpaired) electrons. The number of nitrogens with two attached hydrogens (primary N) is 3. The van der Waals surface area contributed by atoms with Gasteiger partial charge in [0.2, 0.25) is 23.6 Å². The normalized spacial score (nSPS) is 16.3. The van der Waals surface area contributed by atoms with Crippen LogP contribution in [0, 0.1) is 11.3 Å². The minimum atomic E-state index is -1.38. The predicted octanol–water partition coefficient (Wildman–Crippen LogP) is 3.77. The average molecular weight is 900 g/mol. The van der Waals surface area contributed by atoms with Crippen molar-refractivity contribution in [1.29, 1.82) is 5.26 Å².